The van der Waals surface area contributed by atoms with E-state index in [9.17, 15) is 9.59 Å². The Bertz CT molecular complexity index is 723. The molecule has 6 heteroatoms. The molecule has 0 saturated heterocycles. The molecule has 0 aromatic heterocycles. The molecule has 2 N–H and O–H groups in total. The number of amides is 2. The summed E-state index contributed by atoms with van der Waals surface area (Å²) in [5.74, 6) is 1.11. The Kier molecular flexibility index (Phi) is 6.95. The van der Waals surface area contributed by atoms with E-state index in [1.807, 2.05) is 18.2 Å². The van der Waals surface area contributed by atoms with Crippen molar-refractivity contribution < 1.29 is 19.1 Å². The zero-order chi connectivity index (χ0) is 19.8. The first-order valence-electron chi connectivity index (χ1n) is 10.3. The molecular formula is C22H30N2O4. The molecule has 2 aliphatic rings. The van der Waals surface area contributed by atoms with Crippen LogP contribution in [-0.2, 0) is 9.59 Å². The summed E-state index contributed by atoms with van der Waals surface area (Å²) in [5.41, 5.74) is 0.0599. The summed E-state index contributed by atoms with van der Waals surface area (Å²) in [6.45, 7) is 3.82. The van der Waals surface area contributed by atoms with Crippen molar-refractivity contribution in [1.29, 1.82) is 0 Å². The summed E-state index contributed by atoms with van der Waals surface area (Å²) in [7, 11) is 0. The summed E-state index contributed by atoms with van der Waals surface area (Å²) in [6.07, 6.45) is 9.58. The van der Waals surface area contributed by atoms with Gasteiger partial charge in [0.25, 0.3) is 0 Å². The number of rotatable bonds is 7. The van der Waals surface area contributed by atoms with Crippen molar-refractivity contribution >= 4 is 17.9 Å². The first-order valence-corrected chi connectivity index (χ1v) is 10.3. The number of fused-ring (bicyclic) bond motifs is 1. The van der Waals surface area contributed by atoms with Gasteiger partial charge in [-0.1, -0.05) is 38.7 Å². The number of benzene rings is 1. The van der Waals surface area contributed by atoms with Gasteiger partial charge in [0.05, 0.1) is 0 Å². The molecule has 0 atom stereocenters. The van der Waals surface area contributed by atoms with Gasteiger partial charge < -0.3 is 20.1 Å². The predicted octanol–water partition coefficient (Wildman–Crippen LogP) is 3.21. The lowest BCUT2D eigenvalue weighted by Crippen LogP contribution is -2.59. The van der Waals surface area contributed by atoms with Crippen LogP contribution in [0.3, 0.4) is 0 Å². The highest BCUT2D eigenvalue weighted by Crippen LogP contribution is 2.31. The summed E-state index contributed by atoms with van der Waals surface area (Å²) < 4.78 is 11.1. The smallest absolute Gasteiger partial charge is 0.245 e. The maximum Gasteiger partial charge on any atom is 0.245 e. The van der Waals surface area contributed by atoms with Crippen molar-refractivity contribution in [2.24, 2.45) is 0 Å². The fourth-order valence-corrected chi connectivity index (χ4v) is 3.73. The normalized spacial score (nSPS) is 17.9. The van der Waals surface area contributed by atoms with Gasteiger partial charge in [-0.05, 0) is 43.0 Å². The van der Waals surface area contributed by atoms with E-state index in [0.717, 1.165) is 43.4 Å². The highest BCUT2D eigenvalue weighted by Gasteiger charge is 2.40. The fourth-order valence-electron chi connectivity index (χ4n) is 3.73. The SMILES string of the molecule is CCCCNC(=O)C1(NC(=O)/C=C/c2ccc3c(c2)OCCO3)CCCCC1. The first kappa shape index (κ1) is 20.2. The van der Waals surface area contributed by atoms with Crippen molar-refractivity contribution in [1.82, 2.24) is 10.6 Å². The van der Waals surface area contributed by atoms with Crippen LogP contribution in [0, 0.1) is 0 Å². The minimum absolute atomic E-state index is 0.0540. The lowest BCUT2D eigenvalue weighted by atomic mass is 9.80. The number of carbonyl (C=O) groups excluding carboxylic acids is 2. The Labute approximate surface area is 166 Å². The van der Waals surface area contributed by atoms with Crippen molar-refractivity contribution in [2.45, 2.75) is 57.4 Å². The highest BCUT2D eigenvalue weighted by atomic mass is 16.6. The van der Waals surface area contributed by atoms with E-state index < -0.39 is 5.54 Å². The molecule has 152 valence electrons. The summed E-state index contributed by atoms with van der Waals surface area (Å²) in [4.78, 5) is 25.4. The van der Waals surface area contributed by atoms with Gasteiger partial charge in [-0.2, -0.15) is 0 Å². The number of hydrogen-bond acceptors (Lipinski definition) is 4. The molecule has 0 bridgehead atoms. The van der Waals surface area contributed by atoms with Crippen molar-refractivity contribution in [3.63, 3.8) is 0 Å². The molecule has 2 amide bonds. The molecule has 1 aromatic rings. The van der Waals surface area contributed by atoms with Crippen LogP contribution < -0.4 is 20.1 Å². The molecule has 1 fully saturated rings. The van der Waals surface area contributed by atoms with E-state index in [1.54, 1.807) is 6.08 Å². The number of carbonyl (C=O) groups is 2. The Morgan fingerprint density at radius 2 is 1.86 bits per heavy atom. The number of unbranched alkanes of at least 4 members (excludes halogenated alkanes) is 1. The molecule has 1 heterocycles. The maximum atomic E-state index is 12.8. The van der Waals surface area contributed by atoms with Gasteiger partial charge in [0.1, 0.15) is 18.8 Å². The number of hydrogen-bond donors (Lipinski definition) is 2. The third kappa shape index (κ3) is 5.06. The highest BCUT2D eigenvalue weighted by molar-refractivity contribution is 5.97. The van der Waals surface area contributed by atoms with E-state index >= 15 is 0 Å². The molecule has 1 saturated carbocycles. The van der Waals surface area contributed by atoms with E-state index in [-0.39, 0.29) is 11.8 Å². The van der Waals surface area contributed by atoms with Gasteiger partial charge in [0.2, 0.25) is 11.8 Å². The Balaban J connectivity index is 1.64. The molecule has 6 nitrogen and oxygen atoms in total. The van der Waals surface area contributed by atoms with Gasteiger partial charge in [-0.25, -0.2) is 0 Å². The average molecular weight is 386 g/mol. The number of ether oxygens (including phenoxy) is 2. The zero-order valence-electron chi connectivity index (χ0n) is 16.6. The lowest BCUT2D eigenvalue weighted by Gasteiger charge is -2.36. The van der Waals surface area contributed by atoms with Crippen LogP contribution in [0.25, 0.3) is 6.08 Å². The van der Waals surface area contributed by atoms with E-state index in [4.69, 9.17) is 9.47 Å². The second-order valence-electron chi connectivity index (χ2n) is 7.48. The van der Waals surface area contributed by atoms with Crippen LogP contribution in [0.5, 0.6) is 11.5 Å². The lowest BCUT2D eigenvalue weighted by molar-refractivity contribution is -0.133. The van der Waals surface area contributed by atoms with Crippen LogP contribution in [-0.4, -0.2) is 37.1 Å². The zero-order valence-corrected chi connectivity index (χ0v) is 16.6. The third-order valence-electron chi connectivity index (χ3n) is 5.31. The van der Waals surface area contributed by atoms with E-state index in [0.29, 0.717) is 38.3 Å². The monoisotopic (exact) mass is 386 g/mol. The van der Waals surface area contributed by atoms with Crippen LogP contribution >= 0.6 is 0 Å². The summed E-state index contributed by atoms with van der Waals surface area (Å²) >= 11 is 0. The van der Waals surface area contributed by atoms with E-state index in [2.05, 4.69) is 17.6 Å². The number of nitrogens with one attached hydrogen (secondary N) is 2. The molecule has 1 aliphatic carbocycles. The molecular weight excluding hydrogens is 356 g/mol. The summed E-state index contributed by atoms with van der Waals surface area (Å²) in [5, 5.41) is 6.00. The second kappa shape index (κ2) is 9.62. The standard InChI is InChI=1S/C22H30N2O4/c1-2-3-13-23-21(26)22(11-5-4-6-12-22)24-20(25)10-8-17-7-9-18-19(16-17)28-15-14-27-18/h7-10,16H,2-6,11-15H2,1H3,(H,23,26)(H,24,25)/b10-8+. The average Bonchev–Trinajstić information content (AvgIpc) is 2.73. The molecule has 28 heavy (non-hydrogen) atoms. The van der Waals surface area contributed by atoms with Gasteiger partial charge in [-0.15, -0.1) is 0 Å². The predicted molar refractivity (Wildman–Crippen MR) is 108 cm³/mol. The Morgan fingerprint density at radius 3 is 2.61 bits per heavy atom. The second-order valence-corrected chi connectivity index (χ2v) is 7.48. The molecule has 0 unspecified atom stereocenters. The Morgan fingerprint density at radius 1 is 1.11 bits per heavy atom. The van der Waals surface area contributed by atoms with E-state index in [1.165, 1.54) is 6.08 Å². The largest absolute Gasteiger partial charge is 0.486 e. The third-order valence-corrected chi connectivity index (χ3v) is 5.31. The molecule has 1 aliphatic heterocycles. The molecule has 1 aromatic carbocycles. The maximum absolute atomic E-state index is 12.8. The Hall–Kier alpha value is -2.50. The van der Waals surface area contributed by atoms with Crippen molar-refractivity contribution in [2.75, 3.05) is 19.8 Å². The van der Waals surface area contributed by atoms with Crippen LogP contribution in [0.15, 0.2) is 24.3 Å². The van der Waals surface area contributed by atoms with Crippen LogP contribution in [0.2, 0.25) is 0 Å². The first-order chi connectivity index (χ1) is 13.6. The van der Waals surface area contributed by atoms with Gasteiger partial charge >= 0.3 is 0 Å². The van der Waals surface area contributed by atoms with Crippen LogP contribution in [0.4, 0.5) is 0 Å². The summed E-state index contributed by atoms with van der Waals surface area (Å²) in [6, 6.07) is 5.58. The van der Waals surface area contributed by atoms with Crippen molar-refractivity contribution in [3.8, 4) is 11.5 Å². The van der Waals surface area contributed by atoms with Gasteiger partial charge in [0, 0.05) is 12.6 Å². The van der Waals surface area contributed by atoms with Gasteiger partial charge in [0.15, 0.2) is 11.5 Å². The topological polar surface area (TPSA) is 76.7 Å². The molecule has 3 rings (SSSR count). The quantitative estimate of drug-likeness (QED) is 0.557. The van der Waals surface area contributed by atoms with Gasteiger partial charge in [-0.3, -0.25) is 9.59 Å². The fraction of sp³-hybridized carbons (Fsp3) is 0.545. The van der Waals surface area contributed by atoms with Crippen LogP contribution in [0.1, 0.15) is 57.4 Å². The molecule has 0 spiro atoms. The minimum atomic E-state index is -0.791. The minimum Gasteiger partial charge on any atom is -0.486 e. The molecule has 0 radical (unpaired) electrons. The van der Waals surface area contributed by atoms with Crippen molar-refractivity contribution in [3.05, 3.63) is 29.8 Å².